The molecule has 1 aromatic carbocycles. The van der Waals surface area contributed by atoms with Crippen molar-refractivity contribution in [3.8, 4) is 5.75 Å². The third kappa shape index (κ3) is 5.75. The third-order valence-electron chi connectivity index (χ3n) is 3.05. The lowest BCUT2D eigenvalue weighted by atomic mass is 10.1. The Morgan fingerprint density at radius 1 is 1.37 bits per heavy atom. The van der Waals surface area contributed by atoms with Crippen molar-refractivity contribution in [3.05, 3.63) is 29.3 Å². The van der Waals surface area contributed by atoms with Gasteiger partial charge in [0.1, 0.15) is 5.75 Å². The molecule has 0 unspecified atom stereocenters. The van der Waals surface area contributed by atoms with Gasteiger partial charge in [0.2, 0.25) is 0 Å². The van der Waals surface area contributed by atoms with E-state index in [0.717, 1.165) is 38.1 Å². The second-order valence-corrected chi connectivity index (χ2v) is 4.53. The van der Waals surface area contributed by atoms with Crippen LogP contribution in [0.5, 0.6) is 5.75 Å². The summed E-state index contributed by atoms with van der Waals surface area (Å²) in [5, 5.41) is 11.9. The first-order valence-electron chi connectivity index (χ1n) is 6.75. The van der Waals surface area contributed by atoms with E-state index in [1.807, 2.05) is 6.07 Å². The molecule has 0 amide bonds. The van der Waals surface area contributed by atoms with Crippen molar-refractivity contribution in [3.63, 3.8) is 0 Å². The number of nitrogens with one attached hydrogen (secondary N) is 1. The number of methoxy groups -OCH3 is 1. The zero-order valence-corrected chi connectivity index (χ0v) is 11.7. The van der Waals surface area contributed by atoms with Crippen LogP contribution in [0.2, 0.25) is 0 Å². The third-order valence-corrected chi connectivity index (χ3v) is 3.05. The summed E-state index contributed by atoms with van der Waals surface area (Å²) in [7, 11) is 1.69. The highest BCUT2D eigenvalue weighted by atomic mass is 16.5. The summed E-state index contributed by atoms with van der Waals surface area (Å²) in [6, 6.07) is 6.21. The van der Waals surface area contributed by atoms with Crippen molar-refractivity contribution >= 4 is 5.97 Å². The molecule has 0 bridgehead atoms. The monoisotopic (exact) mass is 265 g/mol. The molecule has 0 aliphatic heterocycles. The first-order chi connectivity index (χ1) is 9.17. The normalized spacial score (nSPS) is 10.4. The van der Waals surface area contributed by atoms with Gasteiger partial charge in [-0.15, -0.1) is 0 Å². The van der Waals surface area contributed by atoms with Crippen molar-refractivity contribution in [2.45, 2.75) is 39.2 Å². The number of hydrogen-bond donors (Lipinski definition) is 2. The standard InChI is InChI=1S/C15H23NO3/c1-3-13-10-12(7-8-14(13)19-2)11-16-9-5-4-6-15(17)18/h7-8,10,16H,3-6,9,11H2,1-2H3,(H,17,18). The van der Waals surface area contributed by atoms with E-state index in [0.29, 0.717) is 0 Å². The van der Waals surface area contributed by atoms with Crippen LogP contribution in [0.15, 0.2) is 18.2 Å². The van der Waals surface area contributed by atoms with Crippen LogP contribution in [0.1, 0.15) is 37.3 Å². The second-order valence-electron chi connectivity index (χ2n) is 4.53. The molecule has 0 aromatic heterocycles. The van der Waals surface area contributed by atoms with Gasteiger partial charge in [0, 0.05) is 13.0 Å². The zero-order chi connectivity index (χ0) is 14.1. The van der Waals surface area contributed by atoms with Crippen molar-refractivity contribution < 1.29 is 14.6 Å². The Kier molecular flexibility index (Phi) is 6.97. The van der Waals surface area contributed by atoms with Crippen LogP contribution in [0.4, 0.5) is 0 Å². The van der Waals surface area contributed by atoms with E-state index in [2.05, 4.69) is 24.4 Å². The molecule has 1 rings (SSSR count). The highest BCUT2D eigenvalue weighted by Crippen LogP contribution is 2.20. The molecule has 0 fully saturated rings. The topological polar surface area (TPSA) is 58.6 Å². The van der Waals surface area contributed by atoms with Crippen molar-refractivity contribution in [2.24, 2.45) is 0 Å². The van der Waals surface area contributed by atoms with E-state index in [1.54, 1.807) is 7.11 Å². The van der Waals surface area contributed by atoms with Gasteiger partial charge in [0.05, 0.1) is 7.11 Å². The van der Waals surface area contributed by atoms with Gasteiger partial charge in [-0.2, -0.15) is 0 Å². The minimum absolute atomic E-state index is 0.254. The van der Waals surface area contributed by atoms with Crippen LogP contribution in [0.25, 0.3) is 0 Å². The van der Waals surface area contributed by atoms with E-state index in [4.69, 9.17) is 9.84 Å². The number of aryl methyl sites for hydroxylation is 1. The molecular weight excluding hydrogens is 242 g/mol. The minimum atomic E-state index is -0.720. The molecule has 1 aromatic rings. The molecular formula is C15H23NO3. The Morgan fingerprint density at radius 2 is 2.16 bits per heavy atom. The summed E-state index contributed by atoms with van der Waals surface area (Å²) in [6.07, 6.45) is 2.83. The van der Waals surface area contributed by atoms with Crippen molar-refractivity contribution in [1.29, 1.82) is 0 Å². The number of benzene rings is 1. The van der Waals surface area contributed by atoms with E-state index < -0.39 is 5.97 Å². The predicted octanol–water partition coefficient (Wildman–Crippen LogP) is 2.60. The number of carbonyl (C=O) groups is 1. The number of aliphatic carboxylic acids is 1. The Labute approximate surface area is 114 Å². The molecule has 0 heterocycles. The minimum Gasteiger partial charge on any atom is -0.496 e. The zero-order valence-electron chi connectivity index (χ0n) is 11.7. The Morgan fingerprint density at radius 3 is 2.79 bits per heavy atom. The van der Waals surface area contributed by atoms with Crippen LogP contribution in [0.3, 0.4) is 0 Å². The fourth-order valence-electron chi connectivity index (χ4n) is 1.98. The maximum atomic E-state index is 10.4. The molecule has 4 heteroatoms. The first kappa shape index (κ1) is 15.5. The smallest absolute Gasteiger partial charge is 0.303 e. The number of carboxylic acid groups (broad SMARTS) is 1. The van der Waals surface area contributed by atoms with Gasteiger partial charge in [-0.25, -0.2) is 0 Å². The lowest BCUT2D eigenvalue weighted by Gasteiger charge is -2.10. The van der Waals surface area contributed by atoms with Crippen LogP contribution >= 0.6 is 0 Å². The number of rotatable bonds is 9. The van der Waals surface area contributed by atoms with Gasteiger partial charge < -0.3 is 15.2 Å². The van der Waals surface area contributed by atoms with Crippen LogP contribution < -0.4 is 10.1 Å². The largest absolute Gasteiger partial charge is 0.496 e. The van der Waals surface area contributed by atoms with Gasteiger partial charge in [-0.3, -0.25) is 4.79 Å². The predicted molar refractivity (Wildman–Crippen MR) is 75.6 cm³/mol. The molecule has 0 spiro atoms. The molecule has 0 aliphatic carbocycles. The van der Waals surface area contributed by atoms with Crippen molar-refractivity contribution in [2.75, 3.05) is 13.7 Å². The Hall–Kier alpha value is -1.55. The SMILES string of the molecule is CCc1cc(CNCCCCC(=O)O)ccc1OC. The lowest BCUT2D eigenvalue weighted by Crippen LogP contribution is -2.15. The fraction of sp³-hybridized carbons (Fsp3) is 0.533. The molecule has 4 nitrogen and oxygen atoms in total. The summed E-state index contributed by atoms with van der Waals surface area (Å²) >= 11 is 0. The Bertz CT molecular complexity index is 404. The van der Waals surface area contributed by atoms with E-state index in [1.165, 1.54) is 11.1 Å². The van der Waals surface area contributed by atoms with Crippen LogP contribution in [-0.2, 0) is 17.8 Å². The van der Waals surface area contributed by atoms with Crippen LogP contribution in [-0.4, -0.2) is 24.7 Å². The number of ether oxygens (including phenoxy) is 1. The van der Waals surface area contributed by atoms with Gasteiger partial charge >= 0.3 is 5.97 Å². The molecule has 0 saturated heterocycles. The second kappa shape index (κ2) is 8.53. The lowest BCUT2D eigenvalue weighted by molar-refractivity contribution is -0.137. The van der Waals surface area contributed by atoms with Gasteiger partial charge in [-0.1, -0.05) is 19.1 Å². The van der Waals surface area contributed by atoms with Gasteiger partial charge in [-0.05, 0) is 43.0 Å². The maximum absolute atomic E-state index is 10.4. The molecule has 106 valence electrons. The summed E-state index contributed by atoms with van der Waals surface area (Å²) < 4.78 is 5.30. The van der Waals surface area contributed by atoms with Crippen LogP contribution in [0, 0.1) is 0 Å². The molecule has 2 N–H and O–H groups in total. The molecule has 0 saturated carbocycles. The van der Waals surface area contributed by atoms with E-state index >= 15 is 0 Å². The van der Waals surface area contributed by atoms with Gasteiger partial charge in [0.15, 0.2) is 0 Å². The highest BCUT2D eigenvalue weighted by Gasteiger charge is 2.02. The quantitative estimate of drug-likeness (QED) is 0.674. The number of unbranched alkanes of at least 4 members (excludes halogenated alkanes) is 1. The summed E-state index contributed by atoms with van der Waals surface area (Å²) in [6.45, 7) is 3.77. The summed E-state index contributed by atoms with van der Waals surface area (Å²) in [4.78, 5) is 10.4. The molecule has 0 radical (unpaired) electrons. The molecule has 0 atom stereocenters. The average Bonchev–Trinajstić information content (AvgIpc) is 2.42. The molecule has 0 aliphatic rings. The average molecular weight is 265 g/mol. The van der Waals surface area contributed by atoms with E-state index in [9.17, 15) is 4.79 Å². The van der Waals surface area contributed by atoms with Gasteiger partial charge in [0.25, 0.3) is 0 Å². The fourth-order valence-corrected chi connectivity index (χ4v) is 1.98. The first-order valence-corrected chi connectivity index (χ1v) is 6.75. The molecule has 19 heavy (non-hydrogen) atoms. The summed E-state index contributed by atoms with van der Waals surface area (Å²) in [5.41, 5.74) is 2.45. The maximum Gasteiger partial charge on any atom is 0.303 e. The number of carboxylic acids is 1. The summed E-state index contributed by atoms with van der Waals surface area (Å²) in [5.74, 6) is 0.218. The highest BCUT2D eigenvalue weighted by molar-refractivity contribution is 5.66. The number of hydrogen-bond acceptors (Lipinski definition) is 3. The van der Waals surface area contributed by atoms with Crippen molar-refractivity contribution in [1.82, 2.24) is 5.32 Å². The van der Waals surface area contributed by atoms with E-state index in [-0.39, 0.29) is 6.42 Å². The Balaban J connectivity index is 2.31.